The minimum absolute atomic E-state index is 0.0223. The maximum Gasteiger partial charge on any atom is 0.333 e. The Bertz CT molecular complexity index is 1650. The Morgan fingerprint density at radius 1 is 1.03 bits per heavy atom. The predicted molar refractivity (Wildman–Crippen MR) is 145 cm³/mol. The van der Waals surface area contributed by atoms with Crippen LogP contribution in [0.4, 0.5) is 4.39 Å². The maximum atomic E-state index is 14.1. The molecular weight excluding hydrogens is 527 g/mol. The van der Waals surface area contributed by atoms with E-state index in [1.807, 2.05) is 24.4 Å². The van der Waals surface area contributed by atoms with Gasteiger partial charge in [0.1, 0.15) is 22.8 Å². The normalized spacial score (nSPS) is 22.6. The average Bonchev–Trinajstić information content (AvgIpc) is 3.36. The molecule has 2 aliphatic rings. The molecule has 206 valence electrons. The van der Waals surface area contributed by atoms with Gasteiger partial charge in [-0.15, -0.1) is 0 Å². The molecule has 2 fully saturated rings. The molecule has 5 heterocycles. The summed E-state index contributed by atoms with van der Waals surface area (Å²) in [5, 5.41) is 3.04. The lowest BCUT2D eigenvalue weighted by Crippen LogP contribution is -2.47. The molecule has 6 rings (SSSR count). The molecule has 11 nitrogen and oxygen atoms in total. The Morgan fingerprint density at radius 3 is 2.46 bits per heavy atom. The van der Waals surface area contributed by atoms with Crippen molar-refractivity contribution in [1.29, 1.82) is 0 Å². The molecule has 0 radical (unpaired) electrons. The van der Waals surface area contributed by atoms with Gasteiger partial charge in [-0.2, -0.15) is 10.6 Å². The van der Waals surface area contributed by atoms with Gasteiger partial charge in [-0.3, -0.25) is 27.8 Å². The zero-order valence-electron chi connectivity index (χ0n) is 21.1. The number of imidazole rings is 1. The van der Waals surface area contributed by atoms with E-state index in [1.54, 1.807) is 10.6 Å². The summed E-state index contributed by atoms with van der Waals surface area (Å²) in [4.78, 5) is 48.5. The number of rotatable bonds is 4. The third-order valence-electron chi connectivity index (χ3n) is 7.84. The van der Waals surface area contributed by atoms with Crippen molar-refractivity contribution >= 4 is 33.2 Å². The van der Waals surface area contributed by atoms with Crippen LogP contribution in [0, 0.1) is 5.82 Å². The largest absolute Gasteiger partial charge is 0.348 e. The van der Waals surface area contributed by atoms with Crippen molar-refractivity contribution in [2.75, 3.05) is 11.5 Å². The molecule has 3 N–H and O–H groups in total. The number of halogens is 1. The summed E-state index contributed by atoms with van der Waals surface area (Å²) >= 11 is 0. The molecule has 0 spiro atoms. The minimum atomic E-state index is -2.68. The van der Waals surface area contributed by atoms with Crippen LogP contribution in [0.1, 0.15) is 61.1 Å². The van der Waals surface area contributed by atoms with Crippen molar-refractivity contribution < 1.29 is 18.3 Å². The topological polar surface area (TPSA) is 144 Å². The Hall–Kier alpha value is -3.55. The van der Waals surface area contributed by atoms with Gasteiger partial charge in [-0.1, -0.05) is 6.07 Å². The van der Waals surface area contributed by atoms with E-state index in [4.69, 9.17) is 0 Å². The number of carbonyl (C=O) groups excluding carboxylic acids is 1. The monoisotopic (exact) mass is 556 g/mol. The highest BCUT2D eigenvalue weighted by Crippen LogP contribution is 2.47. The molecule has 1 saturated carbocycles. The van der Waals surface area contributed by atoms with Gasteiger partial charge in [0.05, 0.1) is 11.6 Å². The van der Waals surface area contributed by atoms with Crippen molar-refractivity contribution in [1.82, 2.24) is 28.8 Å². The second-order valence-electron chi connectivity index (χ2n) is 10.4. The minimum Gasteiger partial charge on any atom is -0.348 e. The van der Waals surface area contributed by atoms with E-state index in [9.17, 15) is 27.9 Å². The van der Waals surface area contributed by atoms with Gasteiger partial charge in [0.25, 0.3) is 11.5 Å². The first kappa shape index (κ1) is 25.7. The van der Waals surface area contributed by atoms with Crippen LogP contribution in [0.15, 0.2) is 52.4 Å². The van der Waals surface area contributed by atoms with E-state index >= 15 is 0 Å². The zero-order valence-corrected chi connectivity index (χ0v) is 21.9. The first-order valence-corrected chi connectivity index (χ1v) is 14.9. The van der Waals surface area contributed by atoms with E-state index < -0.39 is 33.7 Å². The van der Waals surface area contributed by atoms with Gasteiger partial charge in [-0.25, -0.2) is 19.2 Å². The summed E-state index contributed by atoms with van der Waals surface area (Å²) in [6.45, 7) is 0. The second kappa shape index (κ2) is 9.88. The van der Waals surface area contributed by atoms with Crippen LogP contribution in [0.3, 0.4) is 0 Å². The molecule has 4 aromatic heterocycles. The van der Waals surface area contributed by atoms with E-state index in [1.165, 1.54) is 9.13 Å². The van der Waals surface area contributed by atoms with Crippen molar-refractivity contribution in [2.45, 2.75) is 56.7 Å². The average molecular weight is 557 g/mol. The molecule has 0 bridgehead atoms. The summed E-state index contributed by atoms with van der Waals surface area (Å²) in [7, 11) is -2.68. The van der Waals surface area contributed by atoms with Crippen LogP contribution in [-0.2, 0) is 0 Å². The summed E-state index contributed by atoms with van der Waals surface area (Å²) < 4.78 is 38.7. The summed E-state index contributed by atoms with van der Waals surface area (Å²) in [6, 6.07) is 5.68. The number of aromatic nitrogens is 5. The van der Waals surface area contributed by atoms with Gasteiger partial charge < -0.3 is 9.72 Å². The third kappa shape index (κ3) is 4.85. The smallest absolute Gasteiger partial charge is 0.333 e. The fourth-order valence-corrected chi connectivity index (χ4v) is 7.29. The highest BCUT2D eigenvalue weighted by molar-refractivity contribution is 8.24. The van der Waals surface area contributed by atoms with E-state index in [2.05, 4.69) is 15.3 Å². The molecule has 1 saturated heterocycles. The van der Waals surface area contributed by atoms with Gasteiger partial charge >= 0.3 is 5.69 Å². The number of amides is 1. The van der Waals surface area contributed by atoms with Gasteiger partial charge in [0, 0.05) is 42.0 Å². The Labute approximate surface area is 223 Å². The van der Waals surface area contributed by atoms with Crippen LogP contribution < -0.4 is 16.6 Å². The van der Waals surface area contributed by atoms with Crippen molar-refractivity contribution in [2.24, 2.45) is 0 Å². The molecule has 1 aliphatic heterocycles. The van der Waals surface area contributed by atoms with Crippen molar-refractivity contribution in [3.63, 3.8) is 0 Å². The Balaban J connectivity index is 1.25. The molecule has 1 amide bonds. The lowest BCUT2D eigenvalue weighted by molar-refractivity contribution is 0.0917. The molecule has 4 aromatic rings. The Morgan fingerprint density at radius 2 is 1.74 bits per heavy atom. The van der Waals surface area contributed by atoms with E-state index in [0.717, 1.165) is 12.3 Å². The lowest BCUT2D eigenvalue weighted by atomic mass is 9.90. The summed E-state index contributed by atoms with van der Waals surface area (Å²) in [5.41, 5.74) is -0.00925. The van der Waals surface area contributed by atoms with Crippen LogP contribution in [0.25, 0.3) is 16.7 Å². The van der Waals surface area contributed by atoms with Gasteiger partial charge in [0.15, 0.2) is 0 Å². The highest BCUT2D eigenvalue weighted by atomic mass is 32.3. The quantitative estimate of drug-likeness (QED) is 0.350. The predicted octanol–water partition coefficient (Wildman–Crippen LogP) is 3.34. The summed E-state index contributed by atoms with van der Waals surface area (Å²) in [5.74, 6) is -0.642. The van der Waals surface area contributed by atoms with Crippen LogP contribution in [0.5, 0.6) is 0 Å². The molecule has 0 unspecified atom stereocenters. The van der Waals surface area contributed by atoms with Crippen LogP contribution >= 0.6 is 10.6 Å². The SMILES string of the molecule is O=C(N[C@H]1CC[C@@H](n2c(=O)c3cc(F)cnc3n(C3CCS(O)(O)CC3)c2=O)CC1)c1cn2ccccc2n1. The number of carbonyl (C=O) groups is 1. The Kier molecular flexibility index (Phi) is 6.52. The number of hydrogen-bond donors (Lipinski definition) is 3. The fraction of sp³-hybridized carbons (Fsp3) is 0.423. The first-order chi connectivity index (χ1) is 18.7. The van der Waals surface area contributed by atoms with E-state index in [0.29, 0.717) is 49.9 Å². The number of fused-ring (bicyclic) bond motifs is 2. The molecule has 0 aromatic carbocycles. The molecule has 39 heavy (non-hydrogen) atoms. The molecular formula is C26H29FN6O5S. The number of nitrogens with one attached hydrogen (secondary N) is 1. The first-order valence-electron chi connectivity index (χ1n) is 13.0. The maximum absolute atomic E-state index is 14.1. The second-order valence-corrected chi connectivity index (χ2v) is 12.8. The fourth-order valence-electron chi connectivity index (χ4n) is 5.79. The summed E-state index contributed by atoms with van der Waals surface area (Å²) in [6.07, 6.45) is 7.22. The van der Waals surface area contributed by atoms with Crippen molar-refractivity contribution in [3.8, 4) is 0 Å². The molecule has 0 atom stereocenters. The number of nitrogens with zero attached hydrogens (tertiary/aromatic N) is 5. The van der Waals surface area contributed by atoms with Gasteiger partial charge in [-0.05, 0) is 56.7 Å². The van der Waals surface area contributed by atoms with Crippen LogP contribution in [-0.4, -0.2) is 56.1 Å². The van der Waals surface area contributed by atoms with Gasteiger partial charge in [0.2, 0.25) is 0 Å². The van der Waals surface area contributed by atoms with Crippen LogP contribution in [0.2, 0.25) is 0 Å². The highest BCUT2D eigenvalue weighted by Gasteiger charge is 2.32. The molecule has 1 aliphatic carbocycles. The third-order valence-corrected chi connectivity index (χ3v) is 9.62. The van der Waals surface area contributed by atoms with Crippen molar-refractivity contribution in [3.05, 3.63) is 75.2 Å². The zero-order chi connectivity index (χ0) is 27.3. The number of hydrogen-bond acceptors (Lipinski definition) is 7. The number of pyridine rings is 2. The standard InChI is InChI=1S/C26H29FN6O5S/c27-16-13-20-23(28-14-16)32(19-8-11-39(37,38)12-9-19)26(36)33(25(20)35)18-6-4-17(5-7-18)29-24(34)21-15-31-10-2-1-3-22(31)30-21/h1-3,10,13-15,17-19,37-38H,4-9,11-12H2,(H,29,34)/t17-,18+. The molecule has 13 heteroatoms. The van der Waals surface area contributed by atoms with E-state index in [-0.39, 0.29) is 40.5 Å². The lowest BCUT2D eigenvalue weighted by Gasteiger charge is -2.40.